The topological polar surface area (TPSA) is 55.5 Å². The fraction of sp³-hybridized carbons (Fsp3) is 0.647. The zero-order valence-corrected chi connectivity index (χ0v) is 12.7. The number of rotatable bonds is 11. The van der Waals surface area contributed by atoms with Crippen molar-refractivity contribution in [3.63, 3.8) is 0 Å². The molecule has 0 amide bonds. The molecule has 0 saturated heterocycles. The Kier molecular flexibility index (Phi) is 9.09. The molecule has 0 aromatic heterocycles. The Hall–Kier alpha value is -1.06. The third kappa shape index (κ3) is 6.92. The summed E-state index contributed by atoms with van der Waals surface area (Å²) in [6.45, 7) is 2.08. The number of benzene rings is 1. The number of hydrogen-bond donors (Lipinski definition) is 2. The number of para-hydroxylation sites is 1. The fourth-order valence-corrected chi connectivity index (χ4v) is 2.30. The molecular formula is C17H29NO2. The maximum atomic E-state index is 8.95. The molecule has 0 spiro atoms. The van der Waals surface area contributed by atoms with Crippen LogP contribution in [-0.2, 0) is 6.42 Å². The van der Waals surface area contributed by atoms with E-state index in [-0.39, 0.29) is 6.61 Å². The minimum Gasteiger partial charge on any atom is -0.473 e. The van der Waals surface area contributed by atoms with E-state index in [1.54, 1.807) is 0 Å². The predicted octanol–water partition coefficient (Wildman–Crippen LogP) is 3.64. The summed E-state index contributed by atoms with van der Waals surface area (Å²) in [5, 5.41) is 8.95. The molecule has 20 heavy (non-hydrogen) atoms. The van der Waals surface area contributed by atoms with E-state index in [1.165, 1.54) is 50.5 Å². The van der Waals surface area contributed by atoms with Crippen molar-refractivity contribution in [1.82, 2.24) is 0 Å². The van der Waals surface area contributed by atoms with Gasteiger partial charge in [-0.3, -0.25) is 5.73 Å². The summed E-state index contributed by atoms with van der Waals surface area (Å²) in [7, 11) is 0. The normalized spacial score (nSPS) is 12.3. The van der Waals surface area contributed by atoms with Crippen LogP contribution in [0.3, 0.4) is 0 Å². The van der Waals surface area contributed by atoms with Crippen LogP contribution in [0.5, 0.6) is 5.75 Å². The zero-order valence-electron chi connectivity index (χ0n) is 12.7. The molecule has 0 saturated carbocycles. The maximum Gasteiger partial charge on any atom is 0.170 e. The Labute approximate surface area is 123 Å². The molecule has 3 heteroatoms. The summed E-state index contributed by atoms with van der Waals surface area (Å²) in [6, 6.07) is 7.96. The Morgan fingerprint density at radius 3 is 2.40 bits per heavy atom. The Bertz CT molecular complexity index is 355. The van der Waals surface area contributed by atoms with E-state index in [0.717, 1.165) is 12.2 Å². The summed E-state index contributed by atoms with van der Waals surface area (Å²) >= 11 is 0. The molecule has 1 aromatic rings. The van der Waals surface area contributed by atoms with Crippen molar-refractivity contribution in [3.8, 4) is 5.75 Å². The van der Waals surface area contributed by atoms with E-state index in [4.69, 9.17) is 15.6 Å². The molecular weight excluding hydrogens is 250 g/mol. The van der Waals surface area contributed by atoms with Crippen molar-refractivity contribution < 1.29 is 9.84 Å². The highest BCUT2D eigenvalue weighted by molar-refractivity contribution is 5.33. The Balaban J connectivity index is 2.28. The first kappa shape index (κ1) is 17.0. The largest absolute Gasteiger partial charge is 0.473 e. The minimum absolute atomic E-state index is 0.161. The van der Waals surface area contributed by atoms with Crippen LogP contribution < -0.4 is 10.5 Å². The smallest absolute Gasteiger partial charge is 0.170 e. The van der Waals surface area contributed by atoms with Crippen molar-refractivity contribution in [3.05, 3.63) is 29.8 Å². The van der Waals surface area contributed by atoms with Crippen molar-refractivity contribution in [1.29, 1.82) is 0 Å². The van der Waals surface area contributed by atoms with Crippen molar-refractivity contribution in [2.24, 2.45) is 5.73 Å². The van der Waals surface area contributed by atoms with Crippen LogP contribution in [0.15, 0.2) is 24.3 Å². The van der Waals surface area contributed by atoms with Crippen LogP contribution in [0.1, 0.15) is 57.4 Å². The zero-order chi connectivity index (χ0) is 14.6. The lowest BCUT2D eigenvalue weighted by molar-refractivity contribution is 0.120. The standard InChI is InChI=1S/C17H29NO2/c1-2-3-4-5-6-7-8-11-15-12-9-10-13-16(15)20-17(18)14-19/h9-10,12-13,17,19H,2-8,11,14,18H2,1H3. The van der Waals surface area contributed by atoms with Crippen molar-refractivity contribution in [2.75, 3.05) is 6.61 Å². The van der Waals surface area contributed by atoms with Gasteiger partial charge in [-0.15, -0.1) is 0 Å². The summed E-state index contributed by atoms with van der Waals surface area (Å²) in [5.41, 5.74) is 6.81. The van der Waals surface area contributed by atoms with Gasteiger partial charge in [0.2, 0.25) is 0 Å². The average molecular weight is 279 g/mol. The highest BCUT2D eigenvalue weighted by atomic mass is 16.5. The molecule has 1 rings (SSSR count). The van der Waals surface area contributed by atoms with Crippen LogP contribution in [0, 0.1) is 0 Å². The van der Waals surface area contributed by atoms with E-state index in [9.17, 15) is 0 Å². The lowest BCUT2D eigenvalue weighted by Gasteiger charge is -2.15. The summed E-state index contributed by atoms with van der Waals surface area (Å²) in [5.74, 6) is 0.806. The molecule has 0 heterocycles. The molecule has 0 aliphatic rings. The Morgan fingerprint density at radius 2 is 1.70 bits per heavy atom. The number of aliphatic hydroxyl groups is 1. The van der Waals surface area contributed by atoms with Gasteiger partial charge in [-0.1, -0.05) is 63.6 Å². The average Bonchev–Trinajstić information content (AvgIpc) is 2.47. The number of ether oxygens (including phenoxy) is 1. The number of aryl methyl sites for hydroxylation is 1. The molecule has 0 radical (unpaired) electrons. The molecule has 0 aliphatic carbocycles. The lowest BCUT2D eigenvalue weighted by Crippen LogP contribution is -2.31. The second-order valence-corrected chi connectivity index (χ2v) is 5.32. The highest BCUT2D eigenvalue weighted by Crippen LogP contribution is 2.21. The second-order valence-electron chi connectivity index (χ2n) is 5.32. The molecule has 114 valence electrons. The third-order valence-electron chi connectivity index (χ3n) is 3.48. The quantitative estimate of drug-likeness (QED) is 0.480. The third-order valence-corrected chi connectivity index (χ3v) is 3.48. The van der Waals surface area contributed by atoms with Gasteiger partial charge in [-0.05, 0) is 24.5 Å². The van der Waals surface area contributed by atoms with Crippen LogP contribution in [0.2, 0.25) is 0 Å². The molecule has 1 unspecified atom stereocenters. The van der Waals surface area contributed by atoms with Gasteiger partial charge in [-0.2, -0.15) is 0 Å². The van der Waals surface area contributed by atoms with E-state index in [2.05, 4.69) is 13.0 Å². The number of aliphatic hydroxyl groups excluding tert-OH is 1. The molecule has 1 aromatic carbocycles. The number of nitrogens with two attached hydrogens (primary N) is 1. The molecule has 0 bridgehead atoms. The van der Waals surface area contributed by atoms with E-state index < -0.39 is 6.23 Å². The van der Waals surface area contributed by atoms with Crippen LogP contribution >= 0.6 is 0 Å². The van der Waals surface area contributed by atoms with Gasteiger partial charge in [0.1, 0.15) is 5.75 Å². The molecule has 0 fully saturated rings. The van der Waals surface area contributed by atoms with Gasteiger partial charge < -0.3 is 9.84 Å². The number of hydrogen-bond acceptors (Lipinski definition) is 3. The summed E-state index contributed by atoms with van der Waals surface area (Å²) in [6.07, 6.45) is 9.52. The van der Waals surface area contributed by atoms with Gasteiger partial charge in [-0.25, -0.2) is 0 Å². The molecule has 3 nitrogen and oxygen atoms in total. The van der Waals surface area contributed by atoms with Gasteiger partial charge in [0.05, 0.1) is 6.61 Å². The Morgan fingerprint density at radius 1 is 1.05 bits per heavy atom. The van der Waals surface area contributed by atoms with Crippen LogP contribution in [-0.4, -0.2) is 17.9 Å². The first-order valence-corrected chi connectivity index (χ1v) is 7.89. The first-order chi connectivity index (χ1) is 9.77. The van der Waals surface area contributed by atoms with E-state index in [0.29, 0.717) is 0 Å². The van der Waals surface area contributed by atoms with Crippen molar-refractivity contribution >= 4 is 0 Å². The van der Waals surface area contributed by atoms with Crippen LogP contribution in [0.4, 0.5) is 0 Å². The SMILES string of the molecule is CCCCCCCCCc1ccccc1OC(N)CO. The van der Waals surface area contributed by atoms with Gasteiger partial charge >= 0.3 is 0 Å². The predicted molar refractivity (Wildman–Crippen MR) is 83.8 cm³/mol. The van der Waals surface area contributed by atoms with Crippen molar-refractivity contribution in [2.45, 2.75) is 64.5 Å². The highest BCUT2D eigenvalue weighted by Gasteiger charge is 2.07. The lowest BCUT2D eigenvalue weighted by atomic mass is 10.0. The van der Waals surface area contributed by atoms with E-state index in [1.807, 2.05) is 18.2 Å². The minimum atomic E-state index is -0.634. The maximum absolute atomic E-state index is 8.95. The van der Waals surface area contributed by atoms with Gasteiger partial charge in [0.15, 0.2) is 6.23 Å². The van der Waals surface area contributed by atoms with Gasteiger partial charge in [0, 0.05) is 0 Å². The van der Waals surface area contributed by atoms with Crippen LogP contribution in [0.25, 0.3) is 0 Å². The fourth-order valence-electron chi connectivity index (χ4n) is 2.30. The van der Waals surface area contributed by atoms with Gasteiger partial charge in [0.25, 0.3) is 0 Å². The second kappa shape index (κ2) is 10.7. The number of unbranched alkanes of at least 4 members (excludes halogenated alkanes) is 6. The summed E-state index contributed by atoms with van der Waals surface area (Å²) < 4.78 is 5.53. The molecule has 3 N–H and O–H groups in total. The first-order valence-electron chi connectivity index (χ1n) is 7.89. The molecule has 0 aliphatic heterocycles. The van der Waals surface area contributed by atoms with E-state index >= 15 is 0 Å². The summed E-state index contributed by atoms with van der Waals surface area (Å²) in [4.78, 5) is 0. The monoisotopic (exact) mass is 279 g/mol. The molecule has 1 atom stereocenters.